The van der Waals surface area contributed by atoms with Gasteiger partial charge < -0.3 is 21.4 Å². The van der Waals surface area contributed by atoms with Gasteiger partial charge in [-0.1, -0.05) is 24.3 Å². The van der Waals surface area contributed by atoms with Crippen molar-refractivity contribution in [2.75, 3.05) is 32.7 Å². The molecule has 2 heterocycles. The Labute approximate surface area is 188 Å². The second-order valence-electron chi connectivity index (χ2n) is 8.08. The Bertz CT molecular complexity index is 770. The number of piperidine rings is 1. The molecule has 2 saturated heterocycles. The Morgan fingerprint density at radius 3 is 2.35 bits per heavy atom. The van der Waals surface area contributed by atoms with Crippen LogP contribution in [0.1, 0.15) is 36.8 Å². The summed E-state index contributed by atoms with van der Waals surface area (Å²) in [7, 11) is 0. The van der Waals surface area contributed by atoms with E-state index in [1.165, 1.54) is 12.5 Å². The van der Waals surface area contributed by atoms with Crippen molar-refractivity contribution in [2.24, 2.45) is 16.9 Å². The van der Waals surface area contributed by atoms with Gasteiger partial charge in [0.05, 0.1) is 18.3 Å². The maximum Gasteiger partial charge on any atom is 0.321 e. The summed E-state index contributed by atoms with van der Waals surface area (Å²) < 4.78 is 0. The highest BCUT2D eigenvalue weighted by Crippen LogP contribution is 2.35. The molecule has 0 amide bonds. The van der Waals surface area contributed by atoms with Gasteiger partial charge >= 0.3 is 11.9 Å². The minimum absolute atomic E-state index is 0. The molecule has 9 nitrogen and oxygen atoms in total. The second kappa shape index (κ2) is 11.4. The lowest BCUT2D eigenvalue weighted by atomic mass is 9.85. The third kappa shape index (κ3) is 5.94. The topological polar surface area (TPSA) is 131 Å². The van der Waals surface area contributed by atoms with Gasteiger partial charge in [0.2, 0.25) is 0 Å². The molecule has 1 aromatic carbocycles. The molecule has 10 heteroatoms. The van der Waals surface area contributed by atoms with Crippen LogP contribution < -0.4 is 11.2 Å². The number of likely N-dealkylation sites (tertiary alicyclic amines) is 1. The van der Waals surface area contributed by atoms with Crippen LogP contribution in [0.4, 0.5) is 0 Å². The van der Waals surface area contributed by atoms with Crippen LogP contribution in [0.15, 0.2) is 29.4 Å². The first-order chi connectivity index (χ1) is 14.4. The largest absolute Gasteiger partial charge is 0.481 e. The van der Waals surface area contributed by atoms with Gasteiger partial charge in [-0.15, -0.1) is 12.4 Å². The predicted molar refractivity (Wildman–Crippen MR) is 121 cm³/mol. The lowest BCUT2D eigenvalue weighted by molar-refractivity contribution is -0.160. The normalized spacial score (nSPS) is 24.9. The molecular weight excluding hydrogens is 422 g/mol. The number of hydrogen-bond acceptors (Lipinski definition) is 7. The first-order valence-electron chi connectivity index (χ1n) is 10.4. The molecule has 4 atom stereocenters. The van der Waals surface area contributed by atoms with Crippen LogP contribution in [0.3, 0.4) is 0 Å². The highest BCUT2D eigenvalue weighted by molar-refractivity contribution is 5.85. The number of halogens is 1. The number of hydrogen-bond donors (Lipinski definition) is 4. The number of rotatable bonds is 7. The third-order valence-electron chi connectivity index (χ3n) is 6.29. The van der Waals surface area contributed by atoms with Gasteiger partial charge in [-0.25, -0.2) is 0 Å². The molecule has 2 aliphatic heterocycles. The fourth-order valence-electron chi connectivity index (χ4n) is 4.65. The standard InChI is InChI=1S/C21H31N5O4.ClH/c1-14(20(27)28)19(21(29)30)26-9-6-17(12-18(26)25-10-7-23-8-11-25)16-4-2-15(3-5-16)13-24-22;/h2-5,13-14,17-19,23H,6-12,22H2,1H3,(H,27,28)(H,29,30);1H. The number of nitrogens with zero attached hydrogens (tertiary/aromatic N) is 3. The average Bonchev–Trinajstić information content (AvgIpc) is 2.75. The summed E-state index contributed by atoms with van der Waals surface area (Å²) in [6, 6.07) is 7.04. The van der Waals surface area contributed by atoms with E-state index >= 15 is 0 Å². The number of aliphatic carboxylic acids is 2. The molecule has 2 fully saturated rings. The Hall–Kier alpha value is -2.20. The molecule has 0 spiro atoms. The molecule has 0 radical (unpaired) electrons. The van der Waals surface area contributed by atoms with Crippen molar-refractivity contribution in [3.8, 4) is 0 Å². The van der Waals surface area contributed by atoms with Crippen molar-refractivity contribution in [2.45, 2.75) is 37.9 Å². The number of benzene rings is 1. The van der Waals surface area contributed by atoms with E-state index in [4.69, 9.17) is 5.84 Å². The first-order valence-corrected chi connectivity index (χ1v) is 10.4. The van der Waals surface area contributed by atoms with Crippen LogP contribution in [0.2, 0.25) is 0 Å². The number of nitrogens with one attached hydrogen (secondary N) is 1. The van der Waals surface area contributed by atoms with E-state index in [2.05, 4.69) is 27.5 Å². The van der Waals surface area contributed by atoms with Crippen LogP contribution >= 0.6 is 12.4 Å². The molecule has 1 aromatic rings. The Morgan fingerprint density at radius 2 is 1.81 bits per heavy atom. The number of carboxylic acids is 2. The van der Waals surface area contributed by atoms with Crippen LogP contribution in [0.5, 0.6) is 0 Å². The highest BCUT2D eigenvalue weighted by Gasteiger charge is 2.43. The average molecular weight is 454 g/mol. The zero-order valence-electron chi connectivity index (χ0n) is 17.7. The van der Waals surface area contributed by atoms with E-state index in [0.29, 0.717) is 6.54 Å². The minimum Gasteiger partial charge on any atom is -0.481 e. The number of piperazine rings is 1. The van der Waals surface area contributed by atoms with Crippen LogP contribution in [0.25, 0.3) is 0 Å². The number of nitrogens with two attached hydrogens (primary N) is 1. The van der Waals surface area contributed by atoms with Gasteiger partial charge in [0.1, 0.15) is 6.04 Å². The van der Waals surface area contributed by atoms with Gasteiger partial charge in [0.25, 0.3) is 0 Å². The van der Waals surface area contributed by atoms with E-state index in [1.807, 2.05) is 17.0 Å². The fraction of sp³-hybridized carbons (Fsp3) is 0.571. The number of hydrazone groups is 1. The maximum atomic E-state index is 12.1. The van der Waals surface area contributed by atoms with Gasteiger partial charge in [-0.2, -0.15) is 5.10 Å². The maximum absolute atomic E-state index is 12.1. The summed E-state index contributed by atoms with van der Waals surface area (Å²) in [6.07, 6.45) is 3.03. The molecule has 31 heavy (non-hydrogen) atoms. The Balaban J connectivity index is 0.00000341. The summed E-state index contributed by atoms with van der Waals surface area (Å²) in [5.74, 6) is 2.35. The van der Waals surface area contributed by atoms with Gasteiger partial charge in [0, 0.05) is 32.7 Å². The molecule has 0 bridgehead atoms. The van der Waals surface area contributed by atoms with Gasteiger partial charge in [-0.3, -0.25) is 19.4 Å². The predicted octanol–water partition coefficient (Wildman–Crippen LogP) is 0.986. The van der Waals surface area contributed by atoms with Gasteiger partial charge in [0.15, 0.2) is 0 Å². The van der Waals surface area contributed by atoms with E-state index in [9.17, 15) is 19.8 Å². The Morgan fingerprint density at radius 1 is 1.16 bits per heavy atom. The molecule has 4 unspecified atom stereocenters. The van der Waals surface area contributed by atoms with E-state index in [-0.39, 0.29) is 24.5 Å². The molecule has 3 rings (SSSR count). The smallest absolute Gasteiger partial charge is 0.321 e. The second-order valence-corrected chi connectivity index (χ2v) is 8.08. The van der Waals surface area contributed by atoms with E-state index in [1.54, 1.807) is 6.21 Å². The highest BCUT2D eigenvalue weighted by atomic mass is 35.5. The lowest BCUT2D eigenvalue weighted by Gasteiger charge is -2.49. The molecule has 172 valence electrons. The van der Waals surface area contributed by atoms with Crippen molar-refractivity contribution in [3.63, 3.8) is 0 Å². The summed E-state index contributed by atoms with van der Waals surface area (Å²) in [6.45, 7) is 5.34. The molecule has 2 aliphatic rings. The quantitative estimate of drug-likeness (QED) is 0.273. The van der Waals surface area contributed by atoms with Crippen molar-refractivity contribution in [3.05, 3.63) is 35.4 Å². The minimum atomic E-state index is -1.08. The van der Waals surface area contributed by atoms with Crippen LogP contribution in [-0.4, -0.2) is 83.1 Å². The summed E-state index contributed by atoms with van der Waals surface area (Å²) in [5, 5.41) is 26.2. The lowest BCUT2D eigenvalue weighted by Crippen LogP contribution is -2.62. The number of carboxylic acid groups (broad SMARTS) is 2. The zero-order chi connectivity index (χ0) is 21.7. The van der Waals surface area contributed by atoms with Crippen molar-refractivity contribution >= 4 is 30.6 Å². The SMILES string of the molecule is CC(C(=O)O)C(C(=O)O)N1CCC(c2ccc(C=NN)cc2)CC1N1CCNCC1.Cl. The molecule has 0 aromatic heterocycles. The van der Waals surface area contributed by atoms with Crippen molar-refractivity contribution in [1.29, 1.82) is 0 Å². The summed E-state index contributed by atoms with van der Waals surface area (Å²) >= 11 is 0. The summed E-state index contributed by atoms with van der Waals surface area (Å²) in [4.78, 5) is 27.9. The molecule has 0 saturated carbocycles. The van der Waals surface area contributed by atoms with E-state index < -0.39 is 23.9 Å². The first kappa shape index (κ1) is 25.1. The third-order valence-corrected chi connectivity index (χ3v) is 6.29. The fourth-order valence-corrected chi connectivity index (χ4v) is 4.65. The molecule has 0 aliphatic carbocycles. The zero-order valence-corrected chi connectivity index (χ0v) is 18.5. The molecule has 5 N–H and O–H groups in total. The van der Waals surface area contributed by atoms with Crippen LogP contribution in [0, 0.1) is 5.92 Å². The van der Waals surface area contributed by atoms with Crippen molar-refractivity contribution < 1.29 is 19.8 Å². The monoisotopic (exact) mass is 453 g/mol. The number of carbonyl (C=O) groups is 2. The van der Waals surface area contributed by atoms with Crippen molar-refractivity contribution in [1.82, 2.24) is 15.1 Å². The van der Waals surface area contributed by atoms with Gasteiger partial charge in [-0.05, 0) is 36.8 Å². The summed E-state index contributed by atoms with van der Waals surface area (Å²) in [5.41, 5.74) is 2.13. The molecular formula is C21H32ClN5O4. The van der Waals surface area contributed by atoms with E-state index in [0.717, 1.165) is 44.6 Å². The van der Waals surface area contributed by atoms with Crippen LogP contribution in [-0.2, 0) is 9.59 Å². The Kier molecular flexibility index (Phi) is 9.24.